The zero-order valence-corrected chi connectivity index (χ0v) is 17.0. The zero-order chi connectivity index (χ0) is 18.9. The molecule has 2 aromatic rings. The number of aliphatic hydroxyl groups excluding tert-OH is 1. The maximum absolute atomic E-state index is 11.7. The van der Waals surface area contributed by atoms with Gasteiger partial charge in [0, 0.05) is 8.95 Å². The Balaban J connectivity index is 1.67. The lowest BCUT2D eigenvalue weighted by molar-refractivity contribution is -0.150. The molecule has 0 fully saturated rings. The van der Waals surface area contributed by atoms with Crippen LogP contribution in [0.4, 0.5) is 0 Å². The van der Waals surface area contributed by atoms with Crippen LogP contribution in [0.15, 0.2) is 57.5 Å². The molecule has 0 atom stereocenters. The normalized spacial score (nSPS) is 10.6. The van der Waals surface area contributed by atoms with Crippen molar-refractivity contribution in [1.82, 2.24) is 0 Å². The van der Waals surface area contributed by atoms with Gasteiger partial charge in [0.05, 0.1) is 18.9 Å². The van der Waals surface area contributed by atoms with Crippen molar-refractivity contribution in [3.05, 3.63) is 68.6 Å². The van der Waals surface area contributed by atoms with Gasteiger partial charge in [-0.15, -0.1) is 0 Å². The maximum atomic E-state index is 11.7. The summed E-state index contributed by atoms with van der Waals surface area (Å²) < 4.78 is 12.0. The smallest absolute Gasteiger partial charge is 0.308 e. The molecule has 0 radical (unpaired) electrons. The molecule has 0 unspecified atom stereocenters. The molecule has 1 N–H and O–H groups in total. The lowest BCUT2D eigenvalue weighted by Gasteiger charge is -2.11. The molecule has 0 aromatic heterocycles. The average molecular weight is 486 g/mol. The van der Waals surface area contributed by atoms with Crippen LogP contribution in [0.3, 0.4) is 0 Å². The average Bonchev–Trinajstić information content (AvgIpc) is 2.60. The van der Waals surface area contributed by atoms with E-state index >= 15 is 0 Å². The lowest BCUT2D eigenvalue weighted by atomic mass is 10.2. The third kappa shape index (κ3) is 7.68. The summed E-state index contributed by atoms with van der Waals surface area (Å²) in [6.07, 6.45) is -1.65. The van der Waals surface area contributed by atoms with Crippen LogP contribution in [-0.2, 0) is 32.3 Å². The van der Waals surface area contributed by atoms with Crippen molar-refractivity contribution in [3.63, 3.8) is 0 Å². The summed E-state index contributed by atoms with van der Waals surface area (Å²) in [6.45, 7) is 0.236. The quantitative estimate of drug-likeness (QED) is 0.569. The molecule has 138 valence electrons. The number of esters is 2. The number of halogens is 2. The first-order valence-corrected chi connectivity index (χ1v) is 9.49. The second kappa shape index (κ2) is 10.4. The molecule has 2 aromatic carbocycles. The highest BCUT2D eigenvalue weighted by atomic mass is 79.9. The van der Waals surface area contributed by atoms with Gasteiger partial charge in [0.15, 0.2) is 0 Å². The summed E-state index contributed by atoms with van der Waals surface area (Å²) in [5.74, 6) is -1.14. The van der Waals surface area contributed by atoms with Crippen LogP contribution in [0.5, 0.6) is 0 Å². The first kappa shape index (κ1) is 20.6. The van der Waals surface area contributed by atoms with Crippen LogP contribution in [0.25, 0.3) is 0 Å². The molecule has 0 aliphatic carbocycles. The molecule has 7 heteroatoms. The highest BCUT2D eigenvalue weighted by Gasteiger charge is 2.17. The Morgan fingerprint density at radius 2 is 1.12 bits per heavy atom. The van der Waals surface area contributed by atoms with Gasteiger partial charge in [-0.25, -0.2) is 0 Å². The molecule has 0 aliphatic rings. The van der Waals surface area contributed by atoms with E-state index in [1.54, 1.807) is 0 Å². The predicted molar refractivity (Wildman–Crippen MR) is 103 cm³/mol. The van der Waals surface area contributed by atoms with Crippen molar-refractivity contribution in [2.45, 2.75) is 32.2 Å². The molecule has 0 spiro atoms. The van der Waals surface area contributed by atoms with Crippen LogP contribution in [-0.4, -0.2) is 23.1 Å². The van der Waals surface area contributed by atoms with E-state index in [0.29, 0.717) is 0 Å². The Morgan fingerprint density at radius 1 is 0.769 bits per heavy atom. The summed E-state index contributed by atoms with van der Waals surface area (Å²) in [7, 11) is 0. The molecule has 0 amide bonds. The van der Waals surface area contributed by atoms with Crippen molar-refractivity contribution in [2.75, 3.05) is 0 Å². The number of rotatable bonds is 8. The Labute approximate surface area is 168 Å². The molecule has 2 rings (SSSR count). The monoisotopic (exact) mass is 484 g/mol. The fourth-order valence-electron chi connectivity index (χ4n) is 2.06. The van der Waals surface area contributed by atoms with Crippen LogP contribution in [0.1, 0.15) is 24.0 Å². The van der Waals surface area contributed by atoms with Crippen LogP contribution < -0.4 is 0 Å². The van der Waals surface area contributed by atoms with E-state index in [1.165, 1.54) is 0 Å². The zero-order valence-electron chi connectivity index (χ0n) is 13.9. The van der Waals surface area contributed by atoms with Crippen molar-refractivity contribution in [2.24, 2.45) is 0 Å². The Morgan fingerprint density at radius 3 is 1.46 bits per heavy atom. The highest BCUT2D eigenvalue weighted by molar-refractivity contribution is 9.10. The molecular formula is C19H18Br2O5. The Bertz CT molecular complexity index is 665. The summed E-state index contributed by atoms with van der Waals surface area (Å²) in [6, 6.07) is 14.7. The van der Waals surface area contributed by atoms with Crippen LogP contribution >= 0.6 is 31.9 Å². The van der Waals surface area contributed by atoms with E-state index in [0.717, 1.165) is 20.1 Å². The van der Waals surface area contributed by atoms with E-state index in [4.69, 9.17) is 9.47 Å². The van der Waals surface area contributed by atoms with Gasteiger partial charge in [0.2, 0.25) is 0 Å². The van der Waals surface area contributed by atoms with Gasteiger partial charge in [0.1, 0.15) is 13.2 Å². The number of aliphatic hydroxyl groups is 1. The third-order valence-electron chi connectivity index (χ3n) is 3.43. The van der Waals surface area contributed by atoms with Gasteiger partial charge in [-0.05, 0) is 35.4 Å². The summed E-state index contributed by atoms with van der Waals surface area (Å²) in [5.41, 5.74) is 1.68. The van der Waals surface area contributed by atoms with Crippen LogP contribution in [0.2, 0.25) is 0 Å². The first-order valence-electron chi connectivity index (χ1n) is 7.90. The third-order valence-corrected chi connectivity index (χ3v) is 4.49. The van der Waals surface area contributed by atoms with Crippen molar-refractivity contribution < 1.29 is 24.2 Å². The topological polar surface area (TPSA) is 72.8 Å². The number of benzene rings is 2. The maximum Gasteiger partial charge on any atom is 0.308 e. The minimum absolute atomic E-state index is 0.118. The molecule has 0 heterocycles. The SMILES string of the molecule is O=C(CC(O)CC(=O)OCc1ccc(Br)cc1)OCc1ccc(Br)cc1. The Kier molecular flexibility index (Phi) is 8.28. The molecule has 0 saturated carbocycles. The number of ether oxygens (including phenoxy) is 2. The van der Waals surface area contributed by atoms with E-state index in [1.807, 2.05) is 48.5 Å². The summed E-state index contributed by atoms with van der Waals surface area (Å²) in [4.78, 5) is 23.5. The fraction of sp³-hybridized carbons (Fsp3) is 0.263. The minimum atomic E-state index is -1.13. The number of hydrogen-bond donors (Lipinski definition) is 1. The number of hydrogen-bond acceptors (Lipinski definition) is 5. The van der Waals surface area contributed by atoms with Crippen molar-refractivity contribution >= 4 is 43.8 Å². The molecule has 26 heavy (non-hydrogen) atoms. The standard InChI is InChI=1S/C19H18Br2O5/c20-15-5-1-13(2-6-15)11-25-18(23)9-17(22)10-19(24)26-12-14-3-7-16(21)8-4-14/h1-8,17,22H,9-12H2. The predicted octanol–water partition coefficient (Wildman–Crippen LogP) is 4.14. The minimum Gasteiger partial charge on any atom is -0.461 e. The van der Waals surface area contributed by atoms with Gasteiger partial charge >= 0.3 is 11.9 Å². The summed E-state index contributed by atoms with van der Waals surface area (Å²) in [5, 5.41) is 9.84. The van der Waals surface area contributed by atoms with Gasteiger partial charge in [-0.1, -0.05) is 56.1 Å². The van der Waals surface area contributed by atoms with E-state index in [2.05, 4.69) is 31.9 Å². The van der Waals surface area contributed by atoms with Crippen LogP contribution in [0, 0.1) is 0 Å². The van der Waals surface area contributed by atoms with Crippen molar-refractivity contribution in [3.8, 4) is 0 Å². The molecular weight excluding hydrogens is 468 g/mol. The molecule has 0 saturated heterocycles. The van der Waals surface area contributed by atoms with Gasteiger partial charge in [-0.2, -0.15) is 0 Å². The molecule has 5 nitrogen and oxygen atoms in total. The number of carbonyl (C=O) groups excluding carboxylic acids is 2. The summed E-state index contributed by atoms with van der Waals surface area (Å²) >= 11 is 6.65. The first-order chi connectivity index (χ1) is 12.4. The molecule has 0 aliphatic heterocycles. The Hall–Kier alpha value is -1.70. The van der Waals surface area contributed by atoms with Gasteiger partial charge in [0.25, 0.3) is 0 Å². The largest absolute Gasteiger partial charge is 0.461 e. The highest BCUT2D eigenvalue weighted by Crippen LogP contribution is 2.13. The second-order valence-electron chi connectivity index (χ2n) is 5.64. The van der Waals surface area contributed by atoms with E-state index < -0.39 is 18.0 Å². The molecule has 0 bridgehead atoms. The fourth-order valence-corrected chi connectivity index (χ4v) is 2.59. The second-order valence-corrected chi connectivity index (χ2v) is 7.47. The van der Waals surface area contributed by atoms with E-state index in [-0.39, 0.29) is 26.1 Å². The van der Waals surface area contributed by atoms with Crippen molar-refractivity contribution in [1.29, 1.82) is 0 Å². The van der Waals surface area contributed by atoms with Gasteiger partial charge in [-0.3, -0.25) is 9.59 Å². The van der Waals surface area contributed by atoms with E-state index in [9.17, 15) is 14.7 Å². The number of carbonyl (C=O) groups is 2. The van der Waals surface area contributed by atoms with Gasteiger partial charge < -0.3 is 14.6 Å². The lowest BCUT2D eigenvalue weighted by Crippen LogP contribution is -2.20.